The summed E-state index contributed by atoms with van der Waals surface area (Å²) in [5.41, 5.74) is 5.55. The van der Waals surface area contributed by atoms with E-state index >= 15 is 0 Å². The SMILES string of the molecule is COc1cc(N2CC(CCl)CC2=O)nc(N)n1. The molecule has 1 saturated heterocycles. The van der Waals surface area contributed by atoms with Crippen molar-refractivity contribution < 1.29 is 9.53 Å². The molecule has 7 heteroatoms. The van der Waals surface area contributed by atoms with Crippen molar-refractivity contribution in [3.05, 3.63) is 6.07 Å². The number of nitrogens with two attached hydrogens (primary N) is 1. The number of aromatic nitrogens is 2. The molecule has 1 aliphatic rings. The monoisotopic (exact) mass is 256 g/mol. The molecule has 6 nitrogen and oxygen atoms in total. The van der Waals surface area contributed by atoms with Gasteiger partial charge < -0.3 is 10.5 Å². The molecule has 1 atom stereocenters. The predicted octanol–water partition coefficient (Wildman–Crippen LogP) is 0.659. The summed E-state index contributed by atoms with van der Waals surface area (Å²) in [6, 6.07) is 1.59. The van der Waals surface area contributed by atoms with Gasteiger partial charge in [-0.2, -0.15) is 9.97 Å². The van der Waals surface area contributed by atoms with Crippen LogP contribution in [0.5, 0.6) is 5.88 Å². The summed E-state index contributed by atoms with van der Waals surface area (Å²) in [5, 5.41) is 0. The van der Waals surface area contributed by atoms with Crippen LogP contribution in [0.3, 0.4) is 0 Å². The van der Waals surface area contributed by atoms with E-state index in [9.17, 15) is 4.79 Å². The quantitative estimate of drug-likeness (QED) is 0.804. The van der Waals surface area contributed by atoms with Gasteiger partial charge in [-0.15, -0.1) is 11.6 Å². The maximum absolute atomic E-state index is 11.8. The predicted molar refractivity (Wildman–Crippen MR) is 64.2 cm³/mol. The van der Waals surface area contributed by atoms with E-state index in [1.54, 1.807) is 11.0 Å². The lowest BCUT2D eigenvalue weighted by Gasteiger charge is -2.15. The summed E-state index contributed by atoms with van der Waals surface area (Å²) in [6.07, 6.45) is 0.440. The Labute approximate surface area is 104 Å². The van der Waals surface area contributed by atoms with Crippen LogP contribution in [0, 0.1) is 5.92 Å². The fourth-order valence-electron chi connectivity index (χ4n) is 1.78. The number of hydrogen-bond donors (Lipinski definition) is 1. The van der Waals surface area contributed by atoms with Gasteiger partial charge in [0.25, 0.3) is 0 Å². The van der Waals surface area contributed by atoms with E-state index in [1.807, 2.05) is 0 Å². The van der Waals surface area contributed by atoms with Gasteiger partial charge in [-0.1, -0.05) is 0 Å². The molecule has 0 aromatic carbocycles. The highest BCUT2D eigenvalue weighted by molar-refractivity contribution is 6.18. The van der Waals surface area contributed by atoms with E-state index in [1.165, 1.54) is 7.11 Å². The summed E-state index contributed by atoms with van der Waals surface area (Å²) >= 11 is 5.75. The fourth-order valence-corrected chi connectivity index (χ4v) is 1.99. The van der Waals surface area contributed by atoms with Crippen molar-refractivity contribution in [2.45, 2.75) is 6.42 Å². The second kappa shape index (κ2) is 4.75. The summed E-state index contributed by atoms with van der Waals surface area (Å²) in [5.74, 6) is 1.50. The van der Waals surface area contributed by atoms with E-state index in [0.717, 1.165) is 0 Å². The number of hydrogen-bond acceptors (Lipinski definition) is 5. The standard InChI is InChI=1S/C10H13ClN4O2/c1-17-8-3-7(13-10(12)14-8)15-5-6(4-11)2-9(15)16/h3,6H,2,4-5H2,1H3,(H2,12,13,14). The van der Waals surface area contributed by atoms with Gasteiger partial charge in [-0.25, -0.2) is 0 Å². The molecule has 1 aromatic rings. The molecule has 2 heterocycles. The molecule has 2 N–H and O–H groups in total. The molecule has 1 aliphatic heterocycles. The molecule has 1 fully saturated rings. The lowest BCUT2D eigenvalue weighted by atomic mass is 10.1. The number of rotatable bonds is 3. The minimum atomic E-state index is -0.00389. The number of nitrogen functional groups attached to an aromatic ring is 1. The highest BCUT2D eigenvalue weighted by atomic mass is 35.5. The molecular formula is C10H13ClN4O2. The molecule has 0 aliphatic carbocycles. The van der Waals surface area contributed by atoms with Crippen LogP contribution in [0.25, 0.3) is 0 Å². The molecule has 0 spiro atoms. The van der Waals surface area contributed by atoms with E-state index in [4.69, 9.17) is 22.1 Å². The Bertz CT molecular complexity index is 440. The molecule has 1 aromatic heterocycles. The van der Waals surface area contributed by atoms with Crippen molar-refractivity contribution in [2.75, 3.05) is 30.2 Å². The molecule has 17 heavy (non-hydrogen) atoms. The average Bonchev–Trinajstić information content (AvgIpc) is 2.69. The highest BCUT2D eigenvalue weighted by Gasteiger charge is 2.31. The Hall–Kier alpha value is -1.56. The molecule has 0 bridgehead atoms. The Morgan fingerprint density at radius 1 is 1.65 bits per heavy atom. The highest BCUT2D eigenvalue weighted by Crippen LogP contribution is 2.26. The fraction of sp³-hybridized carbons (Fsp3) is 0.500. The van der Waals surface area contributed by atoms with Crippen molar-refractivity contribution in [2.24, 2.45) is 5.92 Å². The first-order chi connectivity index (χ1) is 8.13. The smallest absolute Gasteiger partial charge is 0.228 e. The van der Waals surface area contributed by atoms with Crippen LogP contribution in [0.2, 0.25) is 0 Å². The van der Waals surface area contributed by atoms with Gasteiger partial charge >= 0.3 is 0 Å². The van der Waals surface area contributed by atoms with Gasteiger partial charge in [0.05, 0.1) is 7.11 Å². The van der Waals surface area contributed by atoms with Crippen molar-refractivity contribution in [3.8, 4) is 5.88 Å². The normalized spacial score (nSPS) is 19.8. The number of nitrogens with zero attached hydrogens (tertiary/aromatic N) is 3. The lowest BCUT2D eigenvalue weighted by molar-refractivity contribution is -0.117. The topological polar surface area (TPSA) is 81.3 Å². The molecule has 2 rings (SSSR count). The van der Waals surface area contributed by atoms with Crippen LogP contribution < -0.4 is 15.4 Å². The van der Waals surface area contributed by atoms with Gasteiger partial charge in [0.15, 0.2) is 0 Å². The molecule has 0 saturated carbocycles. The first-order valence-corrected chi connectivity index (χ1v) is 5.72. The third-order valence-corrected chi connectivity index (χ3v) is 3.05. The Balaban J connectivity index is 2.28. The Morgan fingerprint density at radius 3 is 3.00 bits per heavy atom. The Kier molecular flexibility index (Phi) is 3.33. The number of carbonyl (C=O) groups excluding carboxylic acids is 1. The first kappa shape index (κ1) is 11.9. The van der Waals surface area contributed by atoms with Crippen LogP contribution >= 0.6 is 11.6 Å². The number of ether oxygens (including phenoxy) is 1. The Morgan fingerprint density at radius 2 is 2.41 bits per heavy atom. The number of amides is 1. The van der Waals surface area contributed by atoms with Crippen molar-refractivity contribution in [1.29, 1.82) is 0 Å². The number of alkyl halides is 1. The second-order valence-electron chi connectivity index (χ2n) is 3.86. The molecule has 1 amide bonds. The third-order valence-electron chi connectivity index (χ3n) is 2.62. The zero-order valence-electron chi connectivity index (χ0n) is 9.39. The van der Waals surface area contributed by atoms with Gasteiger partial charge in [0, 0.05) is 24.9 Å². The summed E-state index contributed by atoms with van der Waals surface area (Å²) in [4.78, 5) is 21.2. The molecule has 0 radical (unpaired) electrons. The van der Waals surface area contributed by atoms with E-state index in [-0.39, 0.29) is 17.8 Å². The van der Waals surface area contributed by atoms with Crippen molar-refractivity contribution >= 4 is 29.3 Å². The largest absolute Gasteiger partial charge is 0.481 e. The van der Waals surface area contributed by atoms with Gasteiger partial charge in [-0.05, 0) is 5.92 Å². The average molecular weight is 257 g/mol. The van der Waals surface area contributed by atoms with Gasteiger partial charge in [0.1, 0.15) is 5.82 Å². The van der Waals surface area contributed by atoms with Gasteiger partial charge in [-0.3, -0.25) is 9.69 Å². The number of anilines is 2. The first-order valence-electron chi connectivity index (χ1n) is 5.19. The summed E-state index contributed by atoms with van der Waals surface area (Å²) < 4.78 is 4.99. The van der Waals surface area contributed by atoms with Crippen LogP contribution in [-0.2, 0) is 4.79 Å². The number of carbonyl (C=O) groups is 1. The van der Waals surface area contributed by atoms with Crippen molar-refractivity contribution in [1.82, 2.24) is 9.97 Å². The number of methoxy groups -OCH3 is 1. The van der Waals surface area contributed by atoms with Crippen LogP contribution in [-0.4, -0.2) is 35.4 Å². The maximum atomic E-state index is 11.8. The molecule has 92 valence electrons. The van der Waals surface area contributed by atoms with E-state index in [2.05, 4.69) is 9.97 Å². The summed E-state index contributed by atoms with van der Waals surface area (Å²) in [7, 11) is 1.49. The maximum Gasteiger partial charge on any atom is 0.228 e. The third kappa shape index (κ3) is 2.41. The molecule has 1 unspecified atom stereocenters. The lowest BCUT2D eigenvalue weighted by Crippen LogP contribution is -2.26. The van der Waals surface area contributed by atoms with Gasteiger partial charge in [0.2, 0.25) is 17.7 Å². The minimum Gasteiger partial charge on any atom is -0.481 e. The summed E-state index contributed by atoms with van der Waals surface area (Å²) in [6.45, 7) is 0.557. The minimum absolute atomic E-state index is 0.00389. The zero-order valence-corrected chi connectivity index (χ0v) is 10.1. The van der Waals surface area contributed by atoms with E-state index in [0.29, 0.717) is 30.5 Å². The van der Waals surface area contributed by atoms with Crippen LogP contribution in [0.1, 0.15) is 6.42 Å². The zero-order chi connectivity index (χ0) is 12.4. The molecular weight excluding hydrogens is 244 g/mol. The van der Waals surface area contributed by atoms with E-state index < -0.39 is 0 Å². The van der Waals surface area contributed by atoms with Crippen LogP contribution in [0.4, 0.5) is 11.8 Å². The number of halogens is 1. The van der Waals surface area contributed by atoms with Crippen molar-refractivity contribution in [3.63, 3.8) is 0 Å². The van der Waals surface area contributed by atoms with Crippen LogP contribution in [0.15, 0.2) is 6.07 Å². The second-order valence-corrected chi connectivity index (χ2v) is 4.16.